The van der Waals surface area contributed by atoms with Crippen molar-refractivity contribution in [3.63, 3.8) is 0 Å². The molecule has 0 aromatic heterocycles. The van der Waals surface area contributed by atoms with Gasteiger partial charge in [0.15, 0.2) is 5.11 Å². The number of thiocarbonyl (C=S) groups is 1. The molecule has 0 saturated carbocycles. The van der Waals surface area contributed by atoms with Crippen molar-refractivity contribution in [1.29, 1.82) is 0 Å². The molecule has 2 N–H and O–H groups in total. The molecular weight excluding hydrogens is 191 g/mol. The Bertz CT molecular complexity index is 146. The summed E-state index contributed by atoms with van der Waals surface area (Å²) in [5, 5.41) is 6.26. The Morgan fingerprint density at radius 2 is 2.31 bits per heavy atom. The minimum atomic E-state index is -0.414. The topological polar surface area (TPSA) is 33.3 Å². The molecule has 0 aromatic carbocycles. The molecule has 0 rings (SSSR count). The second-order valence-corrected chi connectivity index (χ2v) is 3.06. The van der Waals surface area contributed by atoms with Crippen LogP contribution in [0.5, 0.6) is 0 Å². The van der Waals surface area contributed by atoms with E-state index >= 15 is 0 Å². The molecule has 0 saturated heterocycles. The molecule has 0 bridgehead atoms. The number of methoxy groups -OCH3 is 1. The third-order valence-corrected chi connectivity index (χ3v) is 1.84. The highest BCUT2D eigenvalue weighted by Crippen LogP contribution is 1.90. The zero-order valence-corrected chi connectivity index (χ0v) is 8.92. The van der Waals surface area contributed by atoms with E-state index in [-0.39, 0.29) is 12.6 Å². The van der Waals surface area contributed by atoms with Gasteiger partial charge < -0.3 is 15.4 Å². The van der Waals surface area contributed by atoms with Gasteiger partial charge in [0.25, 0.3) is 0 Å². The van der Waals surface area contributed by atoms with Crippen LogP contribution in [0.4, 0.5) is 4.39 Å². The predicted molar refractivity (Wildman–Crippen MR) is 55.7 cm³/mol. The molecule has 13 heavy (non-hydrogen) atoms. The van der Waals surface area contributed by atoms with Crippen LogP contribution in [-0.4, -0.2) is 38.1 Å². The fourth-order valence-corrected chi connectivity index (χ4v) is 1.13. The van der Waals surface area contributed by atoms with E-state index in [0.717, 1.165) is 6.42 Å². The first-order valence-electron chi connectivity index (χ1n) is 4.33. The van der Waals surface area contributed by atoms with Gasteiger partial charge in [-0.2, -0.15) is 0 Å². The fourth-order valence-electron chi connectivity index (χ4n) is 0.860. The highest BCUT2D eigenvalue weighted by atomic mass is 32.1. The summed E-state index contributed by atoms with van der Waals surface area (Å²) < 4.78 is 16.7. The Morgan fingerprint density at radius 1 is 1.62 bits per heavy atom. The van der Waals surface area contributed by atoms with Crippen molar-refractivity contribution in [2.24, 2.45) is 0 Å². The number of rotatable bonds is 6. The molecule has 1 unspecified atom stereocenters. The van der Waals surface area contributed by atoms with Crippen LogP contribution in [0.1, 0.15) is 13.3 Å². The summed E-state index contributed by atoms with van der Waals surface area (Å²) in [5.41, 5.74) is 0. The Labute approximate surface area is 84.0 Å². The zero-order valence-electron chi connectivity index (χ0n) is 8.10. The summed E-state index contributed by atoms with van der Waals surface area (Å²) in [6.07, 6.45) is 0.922. The Hall–Kier alpha value is -0.420. The van der Waals surface area contributed by atoms with Crippen molar-refractivity contribution in [1.82, 2.24) is 10.6 Å². The fraction of sp³-hybridized carbons (Fsp3) is 0.875. The quantitative estimate of drug-likeness (QED) is 0.634. The highest BCUT2D eigenvalue weighted by molar-refractivity contribution is 7.80. The van der Waals surface area contributed by atoms with Crippen molar-refractivity contribution >= 4 is 17.3 Å². The van der Waals surface area contributed by atoms with Crippen molar-refractivity contribution in [2.75, 3.05) is 26.9 Å². The van der Waals surface area contributed by atoms with E-state index in [1.54, 1.807) is 7.11 Å². The van der Waals surface area contributed by atoms with Gasteiger partial charge in [-0.3, -0.25) is 0 Å². The molecule has 0 aliphatic heterocycles. The van der Waals surface area contributed by atoms with Gasteiger partial charge >= 0.3 is 0 Å². The minimum absolute atomic E-state index is 0.199. The molecule has 3 nitrogen and oxygen atoms in total. The Balaban J connectivity index is 3.60. The van der Waals surface area contributed by atoms with Gasteiger partial charge in [0.2, 0.25) is 0 Å². The van der Waals surface area contributed by atoms with E-state index in [0.29, 0.717) is 11.7 Å². The highest BCUT2D eigenvalue weighted by Gasteiger charge is 2.05. The van der Waals surface area contributed by atoms with Crippen LogP contribution in [0.25, 0.3) is 0 Å². The predicted octanol–water partition coefficient (Wildman–Crippen LogP) is 0.845. The van der Waals surface area contributed by atoms with Gasteiger partial charge in [0.1, 0.15) is 6.67 Å². The third-order valence-electron chi connectivity index (χ3n) is 1.58. The van der Waals surface area contributed by atoms with Gasteiger partial charge in [-0.15, -0.1) is 0 Å². The lowest BCUT2D eigenvalue weighted by molar-refractivity contribution is 0.172. The summed E-state index contributed by atoms with van der Waals surface area (Å²) in [5.74, 6) is 0. The van der Waals surface area contributed by atoms with Crippen molar-refractivity contribution in [3.05, 3.63) is 0 Å². The molecule has 0 spiro atoms. The molecule has 0 radical (unpaired) electrons. The number of nitrogens with one attached hydrogen (secondary N) is 2. The van der Waals surface area contributed by atoms with Gasteiger partial charge in [-0.25, -0.2) is 4.39 Å². The van der Waals surface area contributed by atoms with E-state index < -0.39 is 6.67 Å². The molecule has 0 aromatic rings. The Kier molecular flexibility index (Phi) is 7.93. The van der Waals surface area contributed by atoms with Gasteiger partial charge in [0, 0.05) is 13.7 Å². The van der Waals surface area contributed by atoms with Crippen molar-refractivity contribution < 1.29 is 9.13 Å². The number of hydrogen-bond donors (Lipinski definition) is 2. The first-order chi connectivity index (χ1) is 6.24. The van der Waals surface area contributed by atoms with E-state index in [2.05, 4.69) is 10.6 Å². The molecule has 78 valence electrons. The third kappa shape index (κ3) is 6.72. The van der Waals surface area contributed by atoms with Crippen LogP contribution in [0.3, 0.4) is 0 Å². The number of alkyl halides is 1. The monoisotopic (exact) mass is 208 g/mol. The summed E-state index contributed by atoms with van der Waals surface area (Å²) in [4.78, 5) is 0. The SMILES string of the molecule is CCC(COC)NC(=S)NCCF. The molecule has 0 aliphatic rings. The normalized spacial score (nSPS) is 12.2. The van der Waals surface area contributed by atoms with Crippen molar-refractivity contribution in [2.45, 2.75) is 19.4 Å². The number of halogens is 1. The molecular formula is C8H17FN2OS. The first-order valence-corrected chi connectivity index (χ1v) is 4.74. The minimum Gasteiger partial charge on any atom is -0.383 e. The molecule has 0 amide bonds. The van der Waals surface area contributed by atoms with Crippen LogP contribution in [-0.2, 0) is 4.74 Å². The maximum atomic E-state index is 11.7. The zero-order chi connectivity index (χ0) is 10.1. The standard InChI is InChI=1S/C8H17FN2OS/c1-3-7(6-12-2)11-8(13)10-5-4-9/h7H,3-6H2,1-2H3,(H2,10,11,13). The molecule has 0 aliphatic carbocycles. The maximum absolute atomic E-state index is 11.7. The van der Waals surface area contributed by atoms with Crippen LogP contribution < -0.4 is 10.6 Å². The molecule has 0 heterocycles. The first kappa shape index (κ1) is 12.6. The van der Waals surface area contributed by atoms with Crippen LogP contribution in [0.2, 0.25) is 0 Å². The van der Waals surface area contributed by atoms with Crippen LogP contribution >= 0.6 is 12.2 Å². The lowest BCUT2D eigenvalue weighted by Gasteiger charge is -2.18. The lowest BCUT2D eigenvalue weighted by atomic mass is 10.2. The molecule has 0 fully saturated rings. The van der Waals surface area contributed by atoms with E-state index in [1.165, 1.54) is 0 Å². The summed E-state index contributed by atoms with van der Waals surface area (Å²) in [7, 11) is 1.64. The summed E-state index contributed by atoms with van der Waals surface area (Å²) >= 11 is 4.93. The summed E-state index contributed by atoms with van der Waals surface area (Å²) in [6.45, 7) is 2.49. The van der Waals surface area contributed by atoms with E-state index in [1.807, 2.05) is 6.92 Å². The second kappa shape index (κ2) is 8.19. The Morgan fingerprint density at radius 3 is 2.77 bits per heavy atom. The van der Waals surface area contributed by atoms with Gasteiger partial charge in [-0.1, -0.05) is 6.92 Å². The molecule has 5 heteroatoms. The largest absolute Gasteiger partial charge is 0.383 e. The lowest BCUT2D eigenvalue weighted by Crippen LogP contribution is -2.44. The van der Waals surface area contributed by atoms with E-state index in [4.69, 9.17) is 17.0 Å². The van der Waals surface area contributed by atoms with Crippen LogP contribution in [0.15, 0.2) is 0 Å². The average molecular weight is 208 g/mol. The summed E-state index contributed by atoms with van der Waals surface area (Å²) in [6, 6.07) is 0.199. The number of hydrogen-bond acceptors (Lipinski definition) is 2. The second-order valence-electron chi connectivity index (χ2n) is 2.65. The smallest absolute Gasteiger partial charge is 0.166 e. The van der Waals surface area contributed by atoms with Gasteiger partial charge in [0.05, 0.1) is 12.6 Å². The molecule has 1 atom stereocenters. The van der Waals surface area contributed by atoms with Gasteiger partial charge in [-0.05, 0) is 18.6 Å². The van der Waals surface area contributed by atoms with Crippen LogP contribution in [0, 0.1) is 0 Å². The maximum Gasteiger partial charge on any atom is 0.166 e. The van der Waals surface area contributed by atoms with Crippen molar-refractivity contribution in [3.8, 4) is 0 Å². The average Bonchev–Trinajstić information content (AvgIpc) is 2.14. The van der Waals surface area contributed by atoms with E-state index in [9.17, 15) is 4.39 Å². The number of ether oxygens (including phenoxy) is 1.